The van der Waals surface area contributed by atoms with Gasteiger partial charge in [-0.1, -0.05) is 24.3 Å². The van der Waals surface area contributed by atoms with Crippen LogP contribution in [0.25, 0.3) is 6.08 Å². The molecule has 0 saturated heterocycles. The second-order valence-electron chi connectivity index (χ2n) is 10.5. The molecule has 1 aromatic carbocycles. The van der Waals surface area contributed by atoms with Gasteiger partial charge in [0.2, 0.25) is 0 Å². The van der Waals surface area contributed by atoms with Gasteiger partial charge in [-0.2, -0.15) is 0 Å². The van der Waals surface area contributed by atoms with Crippen LogP contribution in [0.3, 0.4) is 0 Å². The fraction of sp³-hybridized carbons (Fsp3) is 0.640. The Bertz CT molecular complexity index is 823. The van der Waals surface area contributed by atoms with Gasteiger partial charge in [-0.15, -0.1) is 0 Å². The average Bonchev–Trinajstić information content (AvgIpc) is 3.46. The zero-order valence-electron chi connectivity index (χ0n) is 15.8. The van der Waals surface area contributed by atoms with Crippen LogP contribution in [0.15, 0.2) is 30.3 Å². The second-order valence-corrected chi connectivity index (χ2v) is 10.5. The molecule has 1 aromatic rings. The van der Waals surface area contributed by atoms with Crippen LogP contribution >= 0.6 is 0 Å². The molecular weight excluding hydrogens is 332 g/mol. The topological polar surface area (TPSA) is 26.3 Å². The number of benzene rings is 1. The van der Waals surface area contributed by atoms with Crippen molar-refractivity contribution in [3.05, 3.63) is 41.5 Å². The summed E-state index contributed by atoms with van der Waals surface area (Å²) in [6.45, 7) is 0.635. The van der Waals surface area contributed by atoms with Gasteiger partial charge in [-0.05, 0) is 109 Å². The molecule has 5 saturated carbocycles. The molecule has 2 aliphatic heterocycles. The summed E-state index contributed by atoms with van der Waals surface area (Å²) < 4.78 is 5.64. The summed E-state index contributed by atoms with van der Waals surface area (Å²) in [6.07, 6.45) is 11.9. The van der Waals surface area contributed by atoms with Gasteiger partial charge in [0, 0.05) is 0 Å². The second kappa shape index (κ2) is 5.27. The Labute approximate surface area is 161 Å². The summed E-state index contributed by atoms with van der Waals surface area (Å²) >= 11 is 0. The zero-order chi connectivity index (χ0) is 17.7. The third-order valence-electron chi connectivity index (χ3n) is 8.85. The maximum atomic E-state index is 12.3. The summed E-state index contributed by atoms with van der Waals surface area (Å²) in [5.74, 6) is 9.44. The van der Waals surface area contributed by atoms with Crippen molar-refractivity contribution >= 4 is 12.0 Å². The number of esters is 1. The van der Waals surface area contributed by atoms with Gasteiger partial charge in [0.1, 0.15) is 0 Å². The van der Waals surface area contributed by atoms with Crippen molar-refractivity contribution in [2.75, 3.05) is 6.61 Å². The summed E-state index contributed by atoms with van der Waals surface area (Å²) in [5.41, 5.74) is 1.89. The molecule has 2 bridgehead atoms. The highest BCUT2D eigenvalue weighted by Gasteiger charge is 2.65. The number of carbonyl (C=O) groups is 1. The molecule has 0 amide bonds. The Hall–Kier alpha value is -1.57. The number of fused-ring (bicyclic) bond motifs is 4. The lowest BCUT2D eigenvalue weighted by Crippen LogP contribution is -2.08. The van der Waals surface area contributed by atoms with Crippen molar-refractivity contribution in [2.24, 2.45) is 59.2 Å². The Morgan fingerprint density at radius 1 is 0.704 bits per heavy atom. The van der Waals surface area contributed by atoms with E-state index in [2.05, 4.69) is 24.3 Å². The molecular formula is C25H28O2. The standard InChI is InChI=1S/C25H28O2/c26-25-14-4-1-13(2-5-14)3-6-15-7-17(15)19-9-21(19)23-11-24(23)22-10-20(22)18-8-16(18)12-27-25/h1-6,15-24H,7-12H2/b6-3-. The Balaban J connectivity index is 1.11. The first kappa shape index (κ1) is 15.4. The molecule has 8 rings (SSSR count). The Kier molecular flexibility index (Phi) is 3.00. The largest absolute Gasteiger partial charge is 0.462 e. The molecule has 2 nitrogen and oxygen atoms in total. The smallest absolute Gasteiger partial charge is 0.338 e. The highest BCUT2D eigenvalue weighted by Crippen LogP contribution is 2.72. The van der Waals surface area contributed by atoms with E-state index in [1.807, 2.05) is 12.1 Å². The first-order valence-corrected chi connectivity index (χ1v) is 11.2. The summed E-state index contributed by atoms with van der Waals surface area (Å²) in [5, 5.41) is 0. The maximum absolute atomic E-state index is 12.3. The molecule has 10 atom stereocenters. The predicted molar refractivity (Wildman–Crippen MR) is 104 cm³/mol. The predicted octanol–water partition coefficient (Wildman–Crippen LogP) is 5.05. The van der Waals surface area contributed by atoms with Gasteiger partial charge < -0.3 is 4.74 Å². The van der Waals surface area contributed by atoms with Gasteiger partial charge in [0.15, 0.2) is 0 Å². The first-order valence-electron chi connectivity index (χ1n) is 11.2. The molecule has 5 fully saturated rings. The van der Waals surface area contributed by atoms with Gasteiger partial charge in [-0.25, -0.2) is 4.79 Å². The number of rotatable bonds is 0. The van der Waals surface area contributed by atoms with E-state index in [0.29, 0.717) is 18.1 Å². The molecule has 0 N–H and O–H groups in total. The van der Waals surface area contributed by atoms with E-state index >= 15 is 0 Å². The van der Waals surface area contributed by atoms with Crippen molar-refractivity contribution in [1.82, 2.24) is 0 Å². The fourth-order valence-electron chi connectivity index (χ4n) is 6.83. The molecule has 0 aromatic heterocycles. The highest BCUT2D eigenvalue weighted by molar-refractivity contribution is 5.89. The van der Waals surface area contributed by atoms with E-state index in [0.717, 1.165) is 53.3 Å². The van der Waals surface area contributed by atoms with Gasteiger partial charge in [0.25, 0.3) is 0 Å². The number of hydrogen-bond donors (Lipinski definition) is 0. The summed E-state index contributed by atoms with van der Waals surface area (Å²) in [4.78, 5) is 12.3. The lowest BCUT2D eigenvalue weighted by molar-refractivity contribution is 0.0478. The van der Waals surface area contributed by atoms with Crippen molar-refractivity contribution in [3.8, 4) is 0 Å². The van der Waals surface area contributed by atoms with Crippen LogP contribution in [0.2, 0.25) is 0 Å². The average molecular weight is 360 g/mol. The molecule has 140 valence electrons. The van der Waals surface area contributed by atoms with E-state index in [1.165, 1.54) is 37.7 Å². The highest BCUT2D eigenvalue weighted by atomic mass is 16.5. The van der Waals surface area contributed by atoms with Crippen molar-refractivity contribution in [2.45, 2.75) is 32.1 Å². The first-order chi connectivity index (χ1) is 13.3. The fourth-order valence-corrected chi connectivity index (χ4v) is 6.83. The van der Waals surface area contributed by atoms with Crippen LogP contribution in [0.4, 0.5) is 0 Å². The minimum absolute atomic E-state index is 0.147. The monoisotopic (exact) mass is 360 g/mol. The third-order valence-corrected chi connectivity index (χ3v) is 8.85. The Morgan fingerprint density at radius 2 is 1.33 bits per heavy atom. The van der Waals surface area contributed by atoms with Crippen LogP contribution < -0.4 is 0 Å². The van der Waals surface area contributed by atoms with Crippen molar-refractivity contribution in [1.29, 1.82) is 0 Å². The van der Waals surface area contributed by atoms with Crippen LogP contribution in [0, 0.1) is 59.2 Å². The summed E-state index contributed by atoms with van der Waals surface area (Å²) in [7, 11) is 0. The third kappa shape index (κ3) is 2.62. The minimum Gasteiger partial charge on any atom is -0.462 e. The maximum Gasteiger partial charge on any atom is 0.338 e. The van der Waals surface area contributed by atoms with Gasteiger partial charge >= 0.3 is 5.97 Å². The molecule has 0 radical (unpaired) electrons. The number of carbonyl (C=O) groups excluding carboxylic acids is 1. The number of allylic oxidation sites excluding steroid dienone is 1. The van der Waals surface area contributed by atoms with Crippen LogP contribution in [-0.4, -0.2) is 12.6 Å². The molecule has 7 aliphatic rings. The van der Waals surface area contributed by atoms with Gasteiger partial charge in [0.05, 0.1) is 12.2 Å². The molecule has 2 heterocycles. The number of hydrogen-bond acceptors (Lipinski definition) is 2. The van der Waals surface area contributed by atoms with Gasteiger partial charge in [-0.3, -0.25) is 0 Å². The van der Waals surface area contributed by atoms with Crippen LogP contribution in [0.5, 0.6) is 0 Å². The quantitative estimate of drug-likeness (QED) is 0.605. The van der Waals surface area contributed by atoms with Crippen molar-refractivity contribution < 1.29 is 9.53 Å². The number of ether oxygens (including phenoxy) is 1. The molecule has 0 spiro atoms. The van der Waals surface area contributed by atoms with E-state index in [1.54, 1.807) is 0 Å². The van der Waals surface area contributed by atoms with E-state index in [4.69, 9.17) is 4.74 Å². The van der Waals surface area contributed by atoms with Crippen molar-refractivity contribution in [3.63, 3.8) is 0 Å². The van der Waals surface area contributed by atoms with E-state index in [-0.39, 0.29) is 5.97 Å². The molecule has 10 unspecified atom stereocenters. The van der Waals surface area contributed by atoms with E-state index in [9.17, 15) is 4.79 Å². The normalized spacial score (nSPS) is 52.2. The molecule has 2 heteroatoms. The minimum atomic E-state index is -0.147. The molecule has 5 aliphatic carbocycles. The lowest BCUT2D eigenvalue weighted by Gasteiger charge is -2.05. The zero-order valence-corrected chi connectivity index (χ0v) is 15.8. The SMILES string of the molecule is O=C1OCC2CC2C2CC2C2CC2C2CC2C2CC2/C=C\c2ccc1cc2. The molecule has 27 heavy (non-hydrogen) atoms. The van der Waals surface area contributed by atoms with E-state index < -0.39 is 0 Å². The van der Waals surface area contributed by atoms with Crippen LogP contribution in [0.1, 0.15) is 48.0 Å². The summed E-state index contributed by atoms with van der Waals surface area (Å²) in [6, 6.07) is 7.96. The van der Waals surface area contributed by atoms with Crippen LogP contribution in [-0.2, 0) is 4.74 Å². The Morgan fingerprint density at radius 3 is 2.04 bits per heavy atom. The lowest BCUT2D eigenvalue weighted by atomic mass is 10.1.